The summed E-state index contributed by atoms with van der Waals surface area (Å²) in [4.78, 5) is 10.8. The van der Waals surface area contributed by atoms with Crippen molar-refractivity contribution >= 4 is 47.4 Å². The van der Waals surface area contributed by atoms with Crippen LogP contribution in [0.25, 0.3) is 0 Å². The molecule has 0 aliphatic carbocycles. The van der Waals surface area contributed by atoms with Crippen LogP contribution in [0.4, 0.5) is 10.2 Å². The molecule has 1 aliphatic heterocycles. The van der Waals surface area contributed by atoms with E-state index in [0.29, 0.717) is 5.02 Å². The molecular weight excluding hydrogens is 480 g/mol. The second-order valence-corrected chi connectivity index (χ2v) is 6.67. The molecule has 1 saturated heterocycles. The zero-order valence-corrected chi connectivity index (χ0v) is 18.2. The SMILES string of the molecule is CN=C(NCCc1ccc(F)cc1)NC1CCN(c2ncccc2Cl)C1.I. The fourth-order valence-electron chi connectivity index (χ4n) is 3.04. The van der Waals surface area contributed by atoms with Gasteiger partial charge < -0.3 is 15.5 Å². The van der Waals surface area contributed by atoms with E-state index in [9.17, 15) is 4.39 Å². The summed E-state index contributed by atoms with van der Waals surface area (Å²) in [6, 6.07) is 10.6. The van der Waals surface area contributed by atoms with E-state index >= 15 is 0 Å². The van der Waals surface area contributed by atoms with Crippen molar-refractivity contribution < 1.29 is 4.39 Å². The molecule has 1 atom stereocenters. The molecule has 2 N–H and O–H groups in total. The Labute approximate surface area is 181 Å². The van der Waals surface area contributed by atoms with Gasteiger partial charge in [0, 0.05) is 38.9 Å². The predicted molar refractivity (Wildman–Crippen MR) is 120 cm³/mol. The number of anilines is 1. The van der Waals surface area contributed by atoms with E-state index in [1.165, 1.54) is 12.1 Å². The maximum Gasteiger partial charge on any atom is 0.191 e. The summed E-state index contributed by atoms with van der Waals surface area (Å²) in [5, 5.41) is 7.43. The number of guanidine groups is 1. The number of nitrogens with one attached hydrogen (secondary N) is 2. The van der Waals surface area contributed by atoms with Gasteiger partial charge in [-0.2, -0.15) is 0 Å². The first kappa shape index (κ1) is 21.7. The Hall–Kier alpha value is -1.61. The van der Waals surface area contributed by atoms with E-state index in [2.05, 4.69) is 25.5 Å². The highest BCUT2D eigenvalue weighted by Gasteiger charge is 2.25. The van der Waals surface area contributed by atoms with Crippen molar-refractivity contribution in [1.29, 1.82) is 0 Å². The molecule has 0 spiro atoms. The third-order valence-electron chi connectivity index (χ3n) is 4.41. The third kappa shape index (κ3) is 6.21. The largest absolute Gasteiger partial charge is 0.356 e. The van der Waals surface area contributed by atoms with Crippen LogP contribution in [0.1, 0.15) is 12.0 Å². The number of nitrogens with zero attached hydrogens (tertiary/aromatic N) is 3. The molecule has 0 radical (unpaired) electrons. The van der Waals surface area contributed by atoms with E-state index in [1.54, 1.807) is 25.4 Å². The lowest BCUT2D eigenvalue weighted by atomic mass is 10.1. The highest BCUT2D eigenvalue weighted by molar-refractivity contribution is 14.0. The maximum atomic E-state index is 12.9. The molecule has 1 aromatic heterocycles. The molecule has 8 heteroatoms. The number of halogens is 3. The van der Waals surface area contributed by atoms with Gasteiger partial charge in [-0.15, -0.1) is 24.0 Å². The van der Waals surface area contributed by atoms with Crippen molar-refractivity contribution in [2.24, 2.45) is 4.99 Å². The number of aliphatic imine (C=N–C) groups is 1. The molecule has 146 valence electrons. The van der Waals surface area contributed by atoms with Crippen LogP contribution in [0.2, 0.25) is 5.02 Å². The van der Waals surface area contributed by atoms with Crippen molar-refractivity contribution in [2.75, 3.05) is 31.6 Å². The van der Waals surface area contributed by atoms with Crippen molar-refractivity contribution in [3.05, 3.63) is 59.0 Å². The Bertz CT molecular complexity index is 756. The van der Waals surface area contributed by atoms with E-state index in [1.807, 2.05) is 12.1 Å². The molecule has 1 aliphatic rings. The average Bonchev–Trinajstić information content (AvgIpc) is 3.11. The molecule has 0 amide bonds. The van der Waals surface area contributed by atoms with Gasteiger partial charge in [-0.3, -0.25) is 4.99 Å². The van der Waals surface area contributed by atoms with Crippen LogP contribution in [-0.2, 0) is 6.42 Å². The summed E-state index contributed by atoms with van der Waals surface area (Å²) in [6.45, 7) is 2.46. The highest BCUT2D eigenvalue weighted by Crippen LogP contribution is 2.25. The number of hydrogen-bond acceptors (Lipinski definition) is 3. The molecule has 1 aromatic carbocycles. The van der Waals surface area contributed by atoms with E-state index in [4.69, 9.17) is 11.6 Å². The van der Waals surface area contributed by atoms with Crippen molar-refractivity contribution in [3.8, 4) is 0 Å². The number of aromatic nitrogens is 1. The molecule has 5 nitrogen and oxygen atoms in total. The molecular formula is C19H24ClFIN5. The Balaban J connectivity index is 0.00000261. The van der Waals surface area contributed by atoms with Gasteiger partial charge in [-0.25, -0.2) is 9.37 Å². The molecule has 27 heavy (non-hydrogen) atoms. The standard InChI is InChI=1S/C19H23ClFN5.HI/c1-22-19(24-11-8-14-4-6-15(21)7-5-14)25-16-9-12-26(13-16)18-17(20)3-2-10-23-18;/h2-7,10,16H,8-9,11-13H2,1H3,(H2,22,24,25);1H. The minimum atomic E-state index is -0.210. The summed E-state index contributed by atoms with van der Waals surface area (Å²) < 4.78 is 12.9. The van der Waals surface area contributed by atoms with Crippen molar-refractivity contribution in [1.82, 2.24) is 15.6 Å². The van der Waals surface area contributed by atoms with Crippen LogP contribution in [-0.4, -0.2) is 43.7 Å². The number of hydrogen-bond donors (Lipinski definition) is 2. The quantitative estimate of drug-likeness (QED) is 0.373. The predicted octanol–water partition coefficient (Wildman–Crippen LogP) is 3.48. The van der Waals surface area contributed by atoms with E-state index in [0.717, 1.165) is 49.8 Å². The first-order chi connectivity index (χ1) is 12.7. The second kappa shape index (κ2) is 10.7. The number of benzene rings is 1. The topological polar surface area (TPSA) is 52.6 Å². The van der Waals surface area contributed by atoms with Crippen molar-refractivity contribution in [3.63, 3.8) is 0 Å². The van der Waals surface area contributed by atoms with Crippen LogP contribution in [0.3, 0.4) is 0 Å². The second-order valence-electron chi connectivity index (χ2n) is 6.26. The average molecular weight is 504 g/mol. The van der Waals surface area contributed by atoms with Gasteiger partial charge in [0.25, 0.3) is 0 Å². The molecule has 0 saturated carbocycles. The summed E-state index contributed by atoms with van der Waals surface area (Å²) in [7, 11) is 1.76. The Morgan fingerprint density at radius 1 is 1.33 bits per heavy atom. The van der Waals surface area contributed by atoms with Crippen LogP contribution < -0.4 is 15.5 Å². The van der Waals surface area contributed by atoms with Crippen LogP contribution >= 0.6 is 35.6 Å². The summed E-state index contributed by atoms with van der Waals surface area (Å²) in [5.41, 5.74) is 1.09. The van der Waals surface area contributed by atoms with Gasteiger partial charge >= 0.3 is 0 Å². The molecule has 1 unspecified atom stereocenters. The van der Waals surface area contributed by atoms with Gasteiger partial charge in [-0.05, 0) is 42.7 Å². The summed E-state index contributed by atoms with van der Waals surface area (Å²) >= 11 is 6.24. The van der Waals surface area contributed by atoms with Crippen LogP contribution in [0, 0.1) is 5.82 Å². The molecule has 0 bridgehead atoms. The zero-order chi connectivity index (χ0) is 18.4. The fraction of sp³-hybridized carbons (Fsp3) is 0.368. The number of pyridine rings is 1. The minimum absolute atomic E-state index is 0. The first-order valence-corrected chi connectivity index (χ1v) is 9.10. The number of rotatable bonds is 5. The third-order valence-corrected chi connectivity index (χ3v) is 4.71. The zero-order valence-electron chi connectivity index (χ0n) is 15.2. The van der Waals surface area contributed by atoms with Gasteiger partial charge in [0.05, 0.1) is 5.02 Å². The molecule has 2 aromatic rings. The smallest absolute Gasteiger partial charge is 0.191 e. The van der Waals surface area contributed by atoms with Crippen LogP contribution in [0.15, 0.2) is 47.6 Å². The monoisotopic (exact) mass is 503 g/mol. The van der Waals surface area contributed by atoms with E-state index in [-0.39, 0.29) is 35.8 Å². The maximum absolute atomic E-state index is 12.9. The molecule has 1 fully saturated rings. The Morgan fingerprint density at radius 3 is 2.81 bits per heavy atom. The normalized spacial score (nSPS) is 16.8. The van der Waals surface area contributed by atoms with Gasteiger partial charge in [-0.1, -0.05) is 23.7 Å². The summed E-state index contributed by atoms with van der Waals surface area (Å²) in [6.07, 6.45) is 3.56. The summed E-state index contributed by atoms with van der Waals surface area (Å²) in [5.74, 6) is 1.39. The molecule has 3 rings (SSSR count). The van der Waals surface area contributed by atoms with Gasteiger partial charge in [0.1, 0.15) is 11.6 Å². The van der Waals surface area contributed by atoms with Gasteiger partial charge in [0.2, 0.25) is 0 Å². The Morgan fingerprint density at radius 2 is 2.11 bits per heavy atom. The lowest BCUT2D eigenvalue weighted by Crippen LogP contribution is -2.45. The van der Waals surface area contributed by atoms with Crippen molar-refractivity contribution in [2.45, 2.75) is 18.9 Å². The highest BCUT2D eigenvalue weighted by atomic mass is 127. The Kier molecular flexibility index (Phi) is 8.56. The van der Waals surface area contributed by atoms with Crippen LogP contribution in [0.5, 0.6) is 0 Å². The van der Waals surface area contributed by atoms with E-state index < -0.39 is 0 Å². The minimum Gasteiger partial charge on any atom is -0.356 e. The fourth-order valence-corrected chi connectivity index (χ4v) is 3.29. The van der Waals surface area contributed by atoms with Gasteiger partial charge in [0.15, 0.2) is 5.96 Å². The first-order valence-electron chi connectivity index (χ1n) is 8.73. The lowest BCUT2D eigenvalue weighted by Gasteiger charge is -2.20. The lowest BCUT2D eigenvalue weighted by molar-refractivity contribution is 0.626. The molecule has 2 heterocycles.